The Kier molecular flexibility index (Phi) is 6.77. The number of cyclic esters (lactones) is 1. The standard InChI is InChI=1S/C24H27NO5/c1-24(2,3)30-23(27)25-20(21-13-14-22(26)29-21)15-17-9-11-19(12-10-17)28-16-18-7-5-4-6-8-18/h4-14,20-21H,15-16H2,1-3H3,(H,25,27). The van der Waals surface area contributed by atoms with Gasteiger partial charge in [-0.1, -0.05) is 42.5 Å². The number of esters is 1. The molecule has 1 aliphatic rings. The summed E-state index contributed by atoms with van der Waals surface area (Å²) in [6.07, 6.45) is 2.41. The minimum Gasteiger partial charge on any atom is -0.489 e. The first-order valence-electron chi connectivity index (χ1n) is 9.92. The second-order valence-corrected chi connectivity index (χ2v) is 8.14. The maximum absolute atomic E-state index is 12.3. The van der Waals surface area contributed by atoms with Gasteiger partial charge >= 0.3 is 12.1 Å². The summed E-state index contributed by atoms with van der Waals surface area (Å²) in [7, 11) is 0. The highest BCUT2D eigenvalue weighted by Gasteiger charge is 2.29. The summed E-state index contributed by atoms with van der Waals surface area (Å²) < 4.78 is 16.5. The first-order valence-corrected chi connectivity index (χ1v) is 9.92. The average Bonchev–Trinajstić information content (AvgIpc) is 3.13. The quantitative estimate of drug-likeness (QED) is 0.695. The highest BCUT2D eigenvalue weighted by molar-refractivity contribution is 5.84. The van der Waals surface area contributed by atoms with E-state index >= 15 is 0 Å². The normalized spacial score (nSPS) is 16.6. The van der Waals surface area contributed by atoms with E-state index in [0.717, 1.165) is 16.9 Å². The Hall–Kier alpha value is -3.28. The Morgan fingerprint density at radius 2 is 1.77 bits per heavy atom. The molecule has 2 aromatic rings. The fourth-order valence-corrected chi connectivity index (χ4v) is 3.03. The van der Waals surface area contributed by atoms with Gasteiger partial charge in [0.15, 0.2) is 0 Å². The summed E-state index contributed by atoms with van der Waals surface area (Å²) in [6.45, 7) is 5.88. The first-order chi connectivity index (χ1) is 14.3. The molecule has 1 aliphatic heterocycles. The lowest BCUT2D eigenvalue weighted by molar-refractivity contribution is -0.139. The summed E-state index contributed by atoms with van der Waals surface area (Å²) in [5.41, 5.74) is 1.45. The molecule has 3 rings (SSSR count). The molecule has 0 spiro atoms. The Labute approximate surface area is 176 Å². The highest BCUT2D eigenvalue weighted by atomic mass is 16.6. The second-order valence-electron chi connectivity index (χ2n) is 8.14. The van der Waals surface area contributed by atoms with Gasteiger partial charge in [0, 0.05) is 6.08 Å². The van der Waals surface area contributed by atoms with E-state index in [-0.39, 0.29) is 0 Å². The van der Waals surface area contributed by atoms with Crippen molar-refractivity contribution < 1.29 is 23.8 Å². The number of carbonyl (C=O) groups excluding carboxylic acids is 2. The molecule has 0 aromatic heterocycles. The van der Waals surface area contributed by atoms with Crippen molar-refractivity contribution in [1.82, 2.24) is 5.32 Å². The number of amides is 1. The van der Waals surface area contributed by atoms with Crippen molar-refractivity contribution in [2.75, 3.05) is 0 Å². The van der Waals surface area contributed by atoms with Gasteiger partial charge in [-0.05, 0) is 56.5 Å². The van der Waals surface area contributed by atoms with Gasteiger partial charge in [0.2, 0.25) is 0 Å². The molecule has 30 heavy (non-hydrogen) atoms. The van der Waals surface area contributed by atoms with Crippen LogP contribution >= 0.6 is 0 Å². The lowest BCUT2D eigenvalue weighted by atomic mass is 10.0. The molecule has 2 unspecified atom stereocenters. The van der Waals surface area contributed by atoms with Crippen LogP contribution in [-0.4, -0.2) is 29.8 Å². The third-order valence-electron chi connectivity index (χ3n) is 4.40. The summed E-state index contributed by atoms with van der Waals surface area (Å²) in [6, 6.07) is 17.1. The Morgan fingerprint density at radius 1 is 1.07 bits per heavy atom. The van der Waals surface area contributed by atoms with Crippen LogP contribution in [0.25, 0.3) is 0 Å². The van der Waals surface area contributed by atoms with E-state index in [9.17, 15) is 9.59 Å². The van der Waals surface area contributed by atoms with E-state index in [4.69, 9.17) is 14.2 Å². The zero-order valence-electron chi connectivity index (χ0n) is 17.5. The second kappa shape index (κ2) is 9.48. The lowest BCUT2D eigenvalue weighted by Gasteiger charge is -2.26. The highest BCUT2D eigenvalue weighted by Crippen LogP contribution is 2.19. The summed E-state index contributed by atoms with van der Waals surface area (Å²) >= 11 is 0. The third kappa shape index (κ3) is 6.65. The smallest absolute Gasteiger partial charge is 0.408 e. The number of ether oxygens (including phenoxy) is 3. The van der Waals surface area contributed by atoms with E-state index in [2.05, 4.69) is 5.32 Å². The third-order valence-corrected chi connectivity index (χ3v) is 4.40. The molecule has 2 atom stereocenters. The molecule has 1 heterocycles. The van der Waals surface area contributed by atoms with Crippen LogP contribution < -0.4 is 10.1 Å². The largest absolute Gasteiger partial charge is 0.489 e. The number of rotatable bonds is 7. The molecular weight excluding hydrogens is 382 g/mol. The Morgan fingerprint density at radius 3 is 2.37 bits per heavy atom. The van der Waals surface area contributed by atoms with Crippen LogP contribution in [0.15, 0.2) is 66.7 Å². The molecule has 2 aromatic carbocycles. The molecule has 6 heteroatoms. The Bertz CT molecular complexity index is 884. The maximum Gasteiger partial charge on any atom is 0.408 e. The molecule has 0 fully saturated rings. The molecule has 6 nitrogen and oxygen atoms in total. The summed E-state index contributed by atoms with van der Waals surface area (Å²) in [5.74, 6) is 0.340. The van der Waals surface area contributed by atoms with Gasteiger partial charge in [0.1, 0.15) is 24.1 Å². The van der Waals surface area contributed by atoms with E-state index in [1.807, 2.05) is 54.6 Å². The van der Waals surface area contributed by atoms with Gasteiger partial charge in [-0.15, -0.1) is 0 Å². The minimum atomic E-state index is -0.617. The minimum absolute atomic E-state index is 0.416. The average molecular weight is 409 g/mol. The van der Waals surface area contributed by atoms with Gasteiger partial charge in [0.25, 0.3) is 0 Å². The number of hydrogen-bond acceptors (Lipinski definition) is 5. The number of carbonyl (C=O) groups is 2. The zero-order chi connectivity index (χ0) is 21.6. The predicted octanol–water partition coefficient (Wildman–Crippen LogP) is 4.18. The summed E-state index contributed by atoms with van der Waals surface area (Å²) in [4.78, 5) is 23.7. The number of alkyl carbamates (subject to hydrolysis) is 1. The van der Waals surface area contributed by atoms with Gasteiger partial charge < -0.3 is 19.5 Å². The van der Waals surface area contributed by atoms with Crippen LogP contribution in [0.1, 0.15) is 31.9 Å². The topological polar surface area (TPSA) is 73.9 Å². The van der Waals surface area contributed by atoms with Crippen molar-refractivity contribution in [2.45, 2.75) is 51.5 Å². The fraction of sp³-hybridized carbons (Fsp3) is 0.333. The van der Waals surface area contributed by atoms with E-state index < -0.39 is 29.8 Å². The first kappa shape index (κ1) is 21.4. The van der Waals surface area contributed by atoms with Gasteiger partial charge in [-0.2, -0.15) is 0 Å². The fourth-order valence-electron chi connectivity index (χ4n) is 3.03. The SMILES string of the molecule is CC(C)(C)OC(=O)NC(Cc1ccc(OCc2ccccc2)cc1)C1C=CC(=O)O1. The predicted molar refractivity (Wildman–Crippen MR) is 113 cm³/mol. The van der Waals surface area contributed by atoms with Crippen LogP contribution in [0.2, 0.25) is 0 Å². The van der Waals surface area contributed by atoms with Crippen molar-refractivity contribution in [3.63, 3.8) is 0 Å². The van der Waals surface area contributed by atoms with Crippen molar-refractivity contribution in [2.24, 2.45) is 0 Å². The van der Waals surface area contributed by atoms with Crippen molar-refractivity contribution in [3.8, 4) is 5.75 Å². The molecule has 0 radical (unpaired) electrons. The summed E-state index contributed by atoms with van der Waals surface area (Å²) in [5, 5.41) is 2.82. The number of hydrogen-bond donors (Lipinski definition) is 1. The lowest BCUT2D eigenvalue weighted by Crippen LogP contribution is -2.46. The van der Waals surface area contributed by atoms with Crippen LogP contribution in [0.4, 0.5) is 4.79 Å². The van der Waals surface area contributed by atoms with E-state index in [1.54, 1.807) is 26.8 Å². The van der Waals surface area contributed by atoms with E-state index in [1.165, 1.54) is 6.08 Å². The van der Waals surface area contributed by atoms with E-state index in [0.29, 0.717) is 13.0 Å². The van der Waals surface area contributed by atoms with Crippen LogP contribution in [0, 0.1) is 0 Å². The molecule has 0 saturated carbocycles. The zero-order valence-corrected chi connectivity index (χ0v) is 17.5. The molecule has 0 aliphatic carbocycles. The number of benzene rings is 2. The monoisotopic (exact) mass is 409 g/mol. The molecule has 0 saturated heterocycles. The van der Waals surface area contributed by atoms with Gasteiger partial charge in [-0.3, -0.25) is 0 Å². The van der Waals surface area contributed by atoms with Crippen LogP contribution in [0.5, 0.6) is 5.75 Å². The Balaban J connectivity index is 1.62. The van der Waals surface area contributed by atoms with Crippen LogP contribution in [0.3, 0.4) is 0 Å². The van der Waals surface area contributed by atoms with Crippen molar-refractivity contribution in [1.29, 1.82) is 0 Å². The maximum atomic E-state index is 12.3. The number of nitrogens with one attached hydrogen (secondary N) is 1. The molecule has 158 valence electrons. The van der Waals surface area contributed by atoms with Crippen LogP contribution in [-0.2, 0) is 27.3 Å². The van der Waals surface area contributed by atoms with Gasteiger partial charge in [-0.25, -0.2) is 9.59 Å². The molecule has 1 amide bonds. The van der Waals surface area contributed by atoms with Crippen molar-refractivity contribution >= 4 is 12.1 Å². The molecule has 1 N–H and O–H groups in total. The molecular formula is C24H27NO5. The molecule has 0 bridgehead atoms. The van der Waals surface area contributed by atoms with Crippen molar-refractivity contribution in [3.05, 3.63) is 77.9 Å². The van der Waals surface area contributed by atoms with Gasteiger partial charge in [0.05, 0.1) is 6.04 Å².